The summed E-state index contributed by atoms with van der Waals surface area (Å²) in [4.78, 5) is 4.80. The number of aromatic amines is 1. The Bertz CT molecular complexity index is 1250. The lowest BCUT2D eigenvalue weighted by Gasteiger charge is -2.31. The van der Waals surface area contributed by atoms with Gasteiger partial charge < -0.3 is 16.2 Å². The maximum absolute atomic E-state index is 12.7. The fraction of sp³-hybridized carbons (Fsp3) is 0.385. The third-order valence-corrected chi connectivity index (χ3v) is 8.10. The molecule has 2 unspecified atom stereocenters. The normalized spacial score (nSPS) is 19.4. The molecule has 6 N–H and O–H groups in total. The largest absolute Gasteiger partial charge is 0.393 e. The summed E-state index contributed by atoms with van der Waals surface area (Å²) in [6.45, 7) is 10.5. The monoisotopic (exact) mass is 528 g/mol. The van der Waals surface area contributed by atoms with Gasteiger partial charge in [-0.1, -0.05) is 50.6 Å². The maximum atomic E-state index is 12.7. The Labute approximate surface area is 219 Å². The van der Waals surface area contributed by atoms with E-state index >= 15 is 0 Å². The molecule has 1 saturated carbocycles. The van der Waals surface area contributed by atoms with Crippen LogP contribution in [-0.4, -0.2) is 36.6 Å². The van der Waals surface area contributed by atoms with Crippen LogP contribution in [-0.2, 0) is 16.4 Å². The number of halogens is 1. The molecule has 8 nitrogen and oxygen atoms in total. The quantitative estimate of drug-likeness (QED) is 0.233. The lowest BCUT2D eigenvalue weighted by Crippen LogP contribution is -2.44. The van der Waals surface area contributed by atoms with Crippen LogP contribution >= 0.6 is 11.6 Å². The Morgan fingerprint density at radius 1 is 1.33 bits per heavy atom. The van der Waals surface area contributed by atoms with Crippen molar-refractivity contribution in [1.29, 1.82) is 0 Å². The Hall–Kier alpha value is -2.72. The number of aromatic nitrogens is 3. The molecule has 4 rings (SSSR count). The van der Waals surface area contributed by atoms with Crippen molar-refractivity contribution in [2.24, 2.45) is 5.92 Å². The predicted octanol–water partition coefficient (Wildman–Crippen LogP) is 5.08. The van der Waals surface area contributed by atoms with Crippen molar-refractivity contribution in [3.05, 3.63) is 59.6 Å². The van der Waals surface area contributed by atoms with Crippen LogP contribution in [0.3, 0.4) is 0 Å². The fourth-order valence-electron chi connectivity index (χ4n) is 4.61. The van der Waals surface area contributed by atoms with E-state index in [-0.39, 0.29) is 23.5 Å². The lowest BCUT2D eigenvalue weighted by atomic mass is 9.74. The number of nitrogen functional groups attached to an aromatic ring is 1. The Morgan fingerprint density at radius 2 is 2.03 bits per heavy atom. The Balaban J connectivity index is 1.68. The topological polar surface area (TPSA) is 129 Å². The van der Waals surface area contributed by atoms with E-state index in [1.165, 1.54) is 0 Å². The molecule has 1 heterocycles. The third-order valence-electron chi connectivity index (χ3n) is 6.56. The number of aliphatic hydroxyl groups is 1. The number of aliphatic hydroxyl groups excluding tert-OH is 1. The molecule has 3 aromatic rings. The highest BCUT2D eigenvalue weighted by Gasteiger charge is 2.30. The zero-order chi connectivity index (χ0) is 26.0. The van der Waals surface area contributed by atoms with Gasteiger partial charge >= 0.3 is 0 Å². The summed E-state index contributed by atoms with van der Waals surface area (Å²) in [7, 11) is -1.35. The second-order valence-electron chi connectivity index (χ2n) is 10.1. The van der Waals surface area contributed by atoms with Gasteiger partial charge in [0.05, 0.1) is 16.0 Å². The molecule has 1 aromatic heterocycles. The first kappa shape index (κ1) is 26.3. The SMILES string of the molecule is C=CC(C)CC(C)(C)c1cc(Nc2n[nH]c(N)n2)cc(Cl)c1-c1ccc(S(=O)NC2CC(O)C2)cc1. The zero-order valence-corrected chi connectivity index (χ0v) is 22.3. The van der Waals surface area contributed by atoms with Crippen LogP contribution in [0, 0.1) is 5.92 Å². The van der Waals surface area contributed by atoms with E-state index in [1.54, 1.807) is 0 Å². The number of nitrogens with one attached hydrogen (secondary N) is 3. The Kier molecular flexibility index (Phi) is 7.85. The molecule has 2 atom stereocenters. The predicted molar refractivity (Wildman–Crippen MR) is 147 cm³/mol. The van der Waals surface area contributed by atoms with Crippen LogP contribution in [0.25, 0.3) is 11.1 Å². The van der Waals surface area contributed by atoms with Gasteiger partial charge in [0.25, 0.3) is 0 Å². The van der Waals surface area contributed by atoms with Gasteiger partial charge in [-0.2, -0.15) is 4.98 Å². The molecule has 0 aliphatic heterocycles. The Morgan fingerprint density at radius 3 is 2.61 bits per heavy atom. The van der Waals surface area contributed by atoms with Crippen molar-refractivity contribution in [2.75, 3.05) is 11.1 Å². The summed E-state index contributed by atoms with van der Waals surface area (Å²) < 4.78 is 15.8. The van der Waals surface area contributed by atoms with E-state index in [0.717, 1.165) is 28.8 Å². The van der Waals surface area contributed by atoms with E-state index in [4.69, 9.17) is 17.3 Å². The molecule has 1 aliphatic rings. The number of H-pyrrole nitrogens is 1. The average molecular weight is 529 g/mol. The first-order valence-corrected chi connectivity index (χ1v) is 13.5. The van der Waals surface area contributed by atoms with Crippen molar-refractivity contribution in [1.82, 2.24) is 19.9 Å². The van der Waals surface area contributed by atoms with Crippen LogP contribution < -0.4 is 15.8 Å². The molecule has 10 heteroatoms. The van der Waals surface area contributed by atoms with E-state index in [1.807, 2.05) is 36.4 Å². The molecular formula is C26H33ClN6O2S. The van der Waals surface area contributed by atoms with Gasteiger partial charge in [0.1, 0.15) is 11.0 Å². The molecule has 192 valence electrons. The van der Waals surface area contributed by atoms with Gasteiger partial charge in [0, 0.05) is 17.3 Å². The summed E-state index contributed by atoms with van der Waals surface area (Å²) >= 11 is 6.90. The summed E-state index contributed by atoms with van der Waals surface area (Å²) in [6, 6.07) is 11.6. The number of anilines is 3. The van der Waals surface area contributed by atoms with E-state index in [2.05, 4.69) is 58.6 Å². The van der Waals surface area contributed by atoms with Gasteiger partial charge in [0.2, 0.25) is 11.9 Å². The van der Waals surface area contributed by atoms with Crippen molar-refractivity contribution >= 4 is 40.2 Å². The molecule has 0 spiro atoms. The van der Waals surface area contributed by atoms with Gasteiger partial charge in [-0.05, 0) is 66.0 Å². The van der Waals surface area contributed by atoms with Crippen LogP contribution in [0.4, 0.5) is 17.6 Å². The highest BCUT2D eigenvalue weighted by Crippen LogP contribution is 2.43. The summed E-state index contributed by atoms with van der Waals surface area (Å²) in [5.41, 5.74) is 9.09. The first-order valence-electron chi connectivity index (χ1n) is 11.9. The minimum atomic E-state index is -1.35. The summed E-state index contributed by atoms with van der Waals surface area (Å²) in [5.74, 6) is 0.885. The van der Waals surface area contributed by atoms with Crippen LogP contribution in [0.1, 0.15) is 45.6 Å². The number of allylic oxidation sites excluding steroid dienone is 1. The second kappa shape index (κ2) is 10.7. The molecule has 1 aliphatic carbocycles. The number of hydrogen-bond acceptors (Lipinski definition) is 6. The van der Waals surface area contributed by atoms with Gasteiger partial charge in [-0.3, -0.25) is 0 Å². The molecule has 0 saturated heterocycles. The van der Waals surface area contributed by atoms with Crippen molar-refractivity contribution in [3.8, 4) is 11.1 Å². The molecule has 0 radical (unpaired) electrons. The summed E-state index contributed by atoms with van der Waals surface area (Å²) in [5, 5.41) is 19.9. The van der Waals surface area contributed by atoms with E-state index < -0.39 is 11.0 Å². The zero-order valence-electron chi connectivity index (χ0n) is 20.7. The standard InChI is InChI=1S/C26H33ClN6O2S/c1-5-15(2)14-26(3,4)21-12-17(29-25-30-24(28)31-32-25)13-22(27)23(21)16-6-8-20(9-7-16)36(35)33-18-10-19(34)11-18/h5-9,12-13,15,18-19,33-34H,1,10-11,14H2,2-4H3,(H4,28,29,30,31,32). The molecule has 0 bridgehead atoms. The molecule has 0 amide bonds. The maximum Gasteiger partial charge on any atom is 0.248 e. The fourth-order valence-corrected chi connectivity index (χ4v) is 5.96. The van der Waals surface area contributed by atoms with E-state index in [0.29, 0.717) is 34.6 Å². The molecule has 2 aromatic carbocycles. The smallest absolute Gasteiger partial charge is 0.248 e. The van der Waals surface area contributed by atoms with Crippen LogP contribution in [0.5, 0.6) is 0 Å². The minimum Gasteiger partial charge on any atom is -0.393 e. The van der Waals surface area contributed by atoms with Gasteiger partial charge in [-0.15, -0.1) is 11.7 Å². The number of nitrogens with two attached hydrogens (primary N) is 1. The number of hydrogen-bond donors (Lipinski definition) is 5. The van der Waals surface area contributed by atoms with E-state index in [9.17, 15) is 9.32 Å². The highest BCUT2D eigenvalue weighted by atomic mass is 35.5. The van der Waals surface area contributed by atoms with Gasteiger partial charge in [-0.25, -0.2) is 14.0 Å². The van der Waals surface area contributed by atoms with Crippen LogP contribution in [0.15, 0.2) is 53.9 Å². The first-order chi connectivity index (χ1) is 17.1. The number of rotatable bonds is 10. The molecule has 36 heavy (non-hydrogen) atoms. The van der Waals surface area contributed by atoms with Crippen molar-refractivity contribution < 1.29 is 9.32 Å². The minimum absolute atomic E-state index is 0.0774. The lowest BCUT2D eigenvalue weighted by molar-refractivity contribution is 0.0717. The van der Waals surface area contributed by atoms with Crippen molar-refractivity contribution in [3.63, 3.8) is 0 Å². The molecular weight excluding hydrogens is 496 g/mol. The van der Waals surface area contributed by atoms with Gasteiger partial charge in [0.15, 0.2) is 0 Å². The average Bonchev–Trinajstić information content (AvgIpc) is 3.21. The summed E-state index contributed by atoms with van der Waals surface area (Å²) in [6.07, 6.45) is 3.78. The highest BCUT2D eigenvalue weighted by molar-refractivity contribution is 7.83. The number of nitrogens with zero attached hydrogens (tertiary/aromatic N) is 2. The molecule has 1 fully saturated rings. The third kappa shape index (κ3) is 5.98. The van der Waals surface area contributed by atoms with Crippen molar-refractivity contribution in [2.45, 2.75) is 62.5 Å². The van der Waals surface area contributed by atoms with Crippen LogP contribution in [0.2, 0.25) is 5.02 Å². The second-order valence-corrected chi connectivity index (χ2v) is 11.7. The number of benzene rings is 2.